The van der Waals surface area contributed by atoms with Crippen molar-refractivity contribution in [3.8, 4) is 5.75 Å². The normalized spacial score (nSPS) is 17.0. The van der Waals surface area contributed by atoms with Crippen LogP contribution in [0.2, 0.25) is 0 Å². The number of piperazine rings is 1. The number of hydrogen-bond donors (Lipinski definition) is 1. The second-order valence-electron chi connectivity index (χ2n) is 9.38. The third kappa shape index (κ3) is 6.33. The second-order valence-corrected chi connectivity index (χ2v) is 9.38. The van der Waals surface area contributed by atoms with Crippen LogP contribution >= 0.6 is 0 Å². The van der Waals surface area contributed by atoms with E-state index >= 15 is 0 Å². The minimum absolute atomic E-state index is 0.230. The molecule has 1 aromatic rings. The van der Waals surface area contributed by atoms with Crippen LogP contribution in [0.4, 0.5) is 5.69 Å². The van der Waals surface area contributed by atoms with Gasteiger partial charge in [0.2, 0.25) is 0 Å². The largest absolute Gasteiger partial charge is 0.504 e. The van der Waals surface area contributed by atoms with Gasteiger partial charge in [0.05, 0.1) is 12.0 Å². The highest BCUT2D eigenvalue weighted by molar-refractivity contribution is 6.59. The maximum atomic E-state index is 9.07. The van der Waals surface area contributed by atoms with Crippen LogP contribution in [0.3, 0.4) is 0 Å². The van der Waals surface area contributed by atoms with Crippen LogP contribution in [0, 0.1) is 0 Å². The van der Waals surface area contributed by atoms with E-state index in [1.807, 2.05) is 12.1 Å². The summed E-state index contributed by atoms with van der Waals surface area (Å²) in [5.74, 6) is 0.855. The summed E-state index contributed by atoms with van der Waals surface area (Å²) < 4.78 is 12.6. The van der Waals surface area contributed by atoms with E-state index in [1.54, 1.807) is 0 Å². The number of aliphatic hydroxyl groups is 1. The Morgan fingerprint density at radius 1 is 0.852 bits per heavy atom. The lowest BCUT2D eigenvalue weighted by Crippen LogP contribution is -2.65. The predicted molar refractivity (Wildman–Crippen MR) is 132 cm³/mol. The van der Waals surface area contributed by atoms with Gasteiger partial charge in [-0.2, -0.15) is 0 Å². The Kier molecular flexibility index (Phi) is 7.20. The van der Waals surface area contributed by atoms with E-state index in [0.717, 1.165) is 38.5 Å². The molecule has 0 amide bonds. The molecule has 0 bridgehead atoms. The molecule has 5 nitrogen and oxygen atoms in total. The quantitative estimate of drug-likeness (QED) is 0.466. The fraction of sp³-hybridized carbons (Fsp3) is 0.600. The van der Waals surface area contributed by atoms with E-state index in [0.29, 0.717) is 0 Å². The van der Waals surface area contributed by atoms with Gasteiger partial charge in [-0.05, 0) is 29.6 Å². The van der Waals surface area contributed by atoms with Gasteiger partial charge in [-0.15, -0.1) is 0 Å². The smallest absolute Gasteiger partial charge is 0.148 e. The number of anilines is 1. The molecule has 1 N–H and O–H groups in total. The Bertz CT molecular complexity index is 602. The molecule has 1 fully saturated rings. The third-order valence-electron chi connectivity index (χ3n) is 5.37. The van der Waals surface area contributed by atoms with Crippen molar-refractivity contribution in [3.05, 3.63) is 24.3 Å². The van der Waals surface area contributed by atoms with E-state index in [1.165, 1.54) is 5.69 Å². The fourth-order valence-electron chi connectivity index (χ4n) is 3.40. The summed E-state index contributed by atoms with van der Waals surface area (Å²) in [5, 5.41) is 7.92. The summed E-state index contributed by atoms with van der Waals surface area (Å²) in [7, 11) is 14.5. The average Bonchev–Trinajstić information content (AvgIpc) is 2.54. The van der Waals surface area contributed by atoms with Crippen molar-refractivity contribution in [3.63, 3.8) is 0 Å². The van der Waals surface area contributed by atoms with E-state index in [4.69, 9.17) is 14.6 Å². The highest BCUT2D eigenvalue weighted by Gasteiger charge is 2.41. The van der Waals surface area contributed by atoms with Crippen molar-refractivity contribution < 1.29 is 14.6 Å². The second kappa shape index (κ2) is 8.67. The molecule has 140 valence electrons. The average molecular weight is 363 g/mol. The highest BCUT2D eigenvalue weighted by atomic mass is 16.6. The Labute approximate surface area is 170 Å². The molecule has 27 heavy (non-hydrogen) atoms. The maximum absolute atomic E-state index is 9.07. The zero-order chi connectivity index (χ0) is 20.3. The van der Waals surface area contributed by atoms with Gasteiger partial charge < -0.3 is 19.5 Å². The van der Waals surface area contributed by atoms with Gasteiger partial charge in [-0.25, -0.2) is 0 Å². The predicted octanol–water partition coefficient (Wildman–Crippen LogP) is -6.45. The maximum Gasteiger partial charge on any atom is 0.148 e. The summed E-state index contributed by atoms with van der Waals surface area (Å²) in [6, 6.07) is 8.35. The number of nitrogens with zero attached hydrogens (tertiary/aromatic N) is 2. The van der Waals surface area contributed by atoms with Crippen molar-refractivity contribution in [2.75, 3.05) is 44.2 Å². The summed E-state index contributed by atoms with van der Waals surface area (Å²) in [5.41, 5.74) is 1.22. The summed E-state index contributed by atoms with van der Waals surface area (Å²) in [6.07, 6.45) is 0. The topological polar surface area (TPSA) is 45.2 Å². The van der Waals surface area contributed by atoms with E-state index in [9.17, 15) is 0 Å². The number of benzene rings is 1. The molecular formula is C15H31B7N2O3. The van der Waals surface area contributed by atoms with Crippen molar-refractivity contribution in [1.82, 2.24) is 4.90 Å². The van der Waals surface area contributed by atoms with E-state index in [2.05, 4.69) is 76.9 Å². The van der Waals surface area contributed by atoms with Crippen LogP contribution in [0.15, 0.2) is 24.3 Å². The van der Waals surface area contributed by atoms with Crippen LogP contribution < -0.4 is 9.64 Å². The Balaban J connectivity index is 1.99. The minimum atomic E-state index is -0.474. The molecule has 1 aromatic carbocycles. The minimum Gasteiger partial charge on any atom is -0.504 e. The molecule has 0 aliphatic carbocycles. The van der Waals surface area contributed by atoms with Gasteiger partial charge in [0.15, 0.2) is 0 Å². The summed E-state index contributed by atoms with van der Waals surface area (Å²) >= 11 is 0. The molecular weight excluding hydrogens is 332 g/mol. The first kappa shape index (κ1) is 22.4. The van der Waals surface area contributed by atoms with Crippen LogP contribution in [0.5, 0.6) is 5.75 Å². The number of aliphatic hydroxyl groups excluding tert-OH is 1. The molecule has 1 aliphatic rings. The summed E-state index contributed by atoms with van der Waals surface area (Å²) in [4.78, 5) is 4.68. The van der Waals surface area contributed by atoms with Crippen molar-refractivity contribution in [2.45, 2.75) is 16.1 Å². The van der Waals surface area contributed by atoms with Crippen molar-refractivity contribution in [1.29, 1.82) is 0 Å². The standard InChI is InChI=1S/C15H31B7N2O3/c16-13(17,14(18,19)27-15(20,21)22)26-12-3-1-11(2-4-12)24-7-5-23(6-8-24)9-10-25/h1-4,25H,5-10,16-22H2. The lowest BCUT2D eigenvalue weighted by Gasteiger charge is -2.47. The number of hydrogen-bond acceptors (Lipinski definition) is 5. The lowest BCUT2D eigenvalue weighted by atomic mass is 9.40. The third-order valence-corrected chi connectivity index (χ3v) is 5.37. The molecule has 0 aromatic heterocycles. The number of ether oxygens (including phenoxy) is 2. The number of β-amino-alcohol motifs (C(OH)–C–C–N with tert-alkyl or cyclic N) is 1. The van der Waals surface area contributed by atoms with Gasteiger partial charge in [0, 0.05) is 43.8 Å². The van der Waals surface area contributed by atoms with Gasteiger partial charge in [0.25, 0.3) is 0 Å². The molecule has 0 saturated carbocycles. The monoisotopic (exact) mass is 364 g/mol. The van der Waals surface area contributed by atoms with Crippen LogP contribution in [-0.2, 0) is 4.74 Å². The molecule has 1 heterocycles. The van der Waals surface area contributed by atoms with E-state index in [-0.39, 0.29) is 11.9 Å². The first-order chi connectivity index (χ1) is 12.4. The Hall–Kier alpha value is -0.845. The fourth-order valence-corrected chi connectivity index (χ4v) is 3.40. The Morgan fingerprint density at radius 3 is 1.89 bits per heavy atom. The molecule has 0 atom stereocenters. The highest BCUT2D eigenvalue weighted by Crippen LogP contribution is 2.27. The summed E-state index contributed by atoms with van der Waals surface area (Å²) in [6.45, 7) is 4.95. The molecule has 2 rings (SSSR count). The van der Waals surface area contributed by atoms with Crippen molar-refractivity contribution >= 4 is 60.6 Å². The Morgan fingerprint density at radius 2 is 1.41 bits per heavy atom. The molecule has 12 heteroatoms. The van der Waals surface area contributed by atoms with Gasteiger partial charge in [-0.3, -0.25) is 4.90 Å². The lowest BCUT2D eigenvalue weighted by molar-refractivity contribution is 0.00241. The molecule has 0 spiro atoms. The van der Waals surface area contributed by atoms with E-state index < -0.39 is 10.8 Å². The first-order valence-electron chi connectivity index (χ1n) is 10.0. The van der Waals surface area contributed by atoms with Crippen molar-refractivity contribution in [2.24, 2.45) is 0 Å². The van der Waals surface area contributed by atoms with Gasteiger partial charge >= 0.3 is 0 Å². The first-order valence-corrected chi connectivity index (χ1v) is 10.0. The zero-order valence-electron chi connectivity index (χ0n) is 18.2. The zero-order valence-corrected chi connectivity index (χ0v) is 18.2. The SMILES string of the molecule is BC(B)(B)OC(B)(B)C(B)(B)Oc1ccc(N2CCN(CCO)CC2)cc1. The molecule has 1 saturated heterocycles. The van der Waals surface area contributed by atoms with Crippen LogP contribution in [-0.4, -0.2) is 120 Å². The van der Waals surface area contributed by atoms with Gasteiger partial charge in [0.1, 0.15) is 60.7 Å². The number of rotatable bonds is 8. The molecule has 0 unspecified atom stereocenters. The van der Waals surface area contributed by atoms with Crippen LogP contribution in [0.25, 0.3) is 0 Å². The van der Waals surface area contributed by atoms with Crippen LogP contribution in [0.1, 0.15) is 0 Å². The van der Waals surface area contributed by atoms with Gasteiger partial charge in [-0.1, -0.05) is 0 Å². The molecule has 0 radical (unpaired) electrons. The molecule has 1 aliphatic heterocycles.